The molecule has 1 spiro atoms. The standard InChI is InChI=1S/C17H18O2/c1-19-16-4-2-3-15-14(16)8-13(18)10-17(15)9-11-5-6-12(17)7-11/h2-6,11-12H,7-10H2,1H3. The molecule has 2 heteroatoms. The lowest BCUT2D eigenvalue weighted by molar-refractivity contribution is -0.120. The van der Waals surface area contributed by atoms with Crippen LogP contribution in [0.3, 0.4) is 0 Å². The molecule has 0 saturated heterocycles. The van der Waals surface area contributed by atoms with Crippen LogP contribution < -0.4 is 4.74 Å². The molecule has 4 rings (SSSR count). The zero-order valence-electron chi connectivity index (χ0n) is 11.2. The quantitative estimate of drug-likeness (QED) is 0.720. The molecule has 98 valence electrons. The second-order valence-electron chi connectivity index (χ2n) is 6.23. The summed E-state index contributed by atoms with van der Waals surface area (Å²) in [5.74, 6) is 2.48. The van der Waals surface area contributed by atoms with Crippen molar-refractivity contribution in [1.82, 2.24) is 0 Å². The van der Waals surface area contributed by atoms with Gasteiger partial charge in [0.25, 0.3) is 0 Å². The normalized spacial score (nSPS) is 34.9. The van der Waals surface area contributed by atoms with Gasteiger partial charge in [0.2, 0.25) is 0 Å². The average molecular weight is 254 g/mol. The summed E-state index contributed by atoms with van der Waals surface area (Å²) in [7, 11) is 1.70. The maximum atomic E-state index is 12.3. The molecule has 2 bridgehead atoms. The highest BCUT2D eigenvalue weighted by atomic mass is 16.5. The van der Waals surface area contributed by atoms with Gasteiger partial charge >= 0.3 is 0 Å². The number of allylic oxidation sites excluding steroid dienone is 2. The Bertz CT molecular complexity index is 587. The van der Waals surface area contributed by atoms with Gasteiger partial charge in [-0.3, -0.25) is 4.79 Å². The van der Waals surface area contributed by atoms with Crippen LogP contribution in [0.5, 0.6) is 5.75 Å². The molecule has 0 aliphatic heterocycles. The van der Waals surface area contributed by atoms with Crippen LogP contribution in [0.2, 0.25) is 0 Å². The molecule has 0 radical (unpaired) electrons. The largest absolute Gasteiger partial charge is 0.496 e. The van der Waals surface area contributed by atoms with E-state index < -0.39 is 0 Å². The molecule has 1 aromatic rings. The Morgan fingerprint density at radius 2 is 2.21 bits per heavy atom. The van der Waals surface area contributed by atoms with Crippen molar-refractivity contribution in [1.29, 1.82) is 0 Å². The summed E-state index contributed by atoms with van der Waals surface area (Å²) in [4.78, 5) is 12.3. The van der Waals surface area contributed by atoms with Crippen LogP contribution in [0.25, 0.3) is 0 Å². The van der Waals surface area contributed by atoms with Crippen LogP contribution in [0.4, 0.5) is 0 Å². The van der Waals surface area contributed by atoms with Crippen molar-refractivity contribution in [2.45, 2.75) is 31.1 Å². The van der Waals surface area contributed by atoms with Crippen molar-refractivity contribution in [2.24, 2.45) is 11.8 Å². The minimum absolute atomic E-state index is 0.0681. The smallest absolute Gasteiger partial charge is 0.138 e. The number of ketones is 1. The van der Waals surface area contributed by atoms with Crippen molar-refractivity contribution in [3.8, 4) is 5.75 Å². The van der Waals surface area contributed by atoms with Gasteiger partial charge in [0.1, 0.15) is 11.5 Å². The second-order valence-corrected chi connectivity index (χ2v) is 6.23. The molecule has 0 aromatic heterocycles. The third-order valence-corrected chi connectivity index (χ3v) is 5.28. The van der Waals surface area contributed by atoms with Crippen molar-refractivity contribution >= 4 is 5.78 Å². The Balaban J connectivity index is 1.92. The number of hydrogen-bond acceptors (Lipinski definition) is 2. The van der Waals surface area contributed by atoms with E-state index in [-0.39, 0.29) is 5.41 Å². The summed E-state index contributed by atoms with van der Waals surface area (Å²) in [5, 5.41) is 0. The fourth-order valence-corrected chi connectivity index (χ4v) is 4.58. The summed E-state index contributed by atoms with van der Waals surface area (Å²) in [6, 6.07) is 6.28. The fraction of sp³-hybridized carbons (Fsp3) is 0.471. The Morgan fingerprint density at radius 3 is 2.89 bits per heavy atom. The van der Waals surface area contributed by atoms with E-state index in [2.05, 4.69) is 24.3 Å². The first kappa shape index (κ1) is 11.3. The first-order chi connectivity index (χ1) is 9.23. The molecule has 19 heavy (non-hydrogen) atoms. The second kappa shape index (κ2) is 3.72. The third kappa shape index (κ3) is 1.40. The molecule has 3 atom stereocenters. The maximum Gasteiger partial charge on any atom is 0.138 e. The zero-order valence-corrected chi connectivity index (χ0v) is 11.2. The van der Waals surface area contributed by atoms with E-state index >= 15 is 0 Å². The molecule has 1 aromatic carbocycles. The summed E-state index contributed by atoms with van der Waals surface area (Å²) < 4.78 is 5.47. The number of benzene rings is 1. The predicted octanol–water partition coefficient (Wildman–Crippen LogP) is 3.04. The predicted molar refractivity (Wildman–Crippen MR) is 73.4 cm³/mol. The monoisotopic (exact) mass is 254 g/mol. The van der Waals surface area contributed by atoms with Crippen molar-refractivity contribution in [3.63, 3.8) is 0 Å². The van der Waals surface area contributed by atoms with Crippen LogP contribution in [0.1, 0.15) is 30.4 Å². The first-order valence-corrected chi connectivity index (χ1v) is 7.09. The number of methoxy groups -OCH3 is 1. The van der Waals surface area contributed by atoms with Gasteiger partial charge in [0, 0.05) is 23.8 Å². The molecule has 0 heterocycles. The van der Waals surface area contributed by atoms with Gasteiger partial charge in [-0.2, -0.15) is 0 Å². The molecule has 0 N–H and O–H groups in total. The highest BCUT2D eigenvalue weighted by Gasteiger charge is 2.53. The minimum atomic E-state index is 0.0681. The minimum Gasteiger partial charge on any atom is -0.496 e. The number of fused-ring (bicyclic) bond motifs is 5. The number of Topliss-reactive ketones (excluding diaryl/α,β-unsaturated/α-hetero) is 1. The number of rotatable bonds is 1. The van der Waals surface area contributed by atoms with E-state index in [0.29, 0.717) is 24.0 Å². The van der Waals surface area contributed by atoms with Crippen molar-refractivity contribution in [3.05, 3.63) is 41.5 Å². The van der Waals surface area contributed by atoms with Gasteiger partial charge < -0.3 is 4.74 Å². The lowest BCUT2D eigenvalue weighted by atomic mass is 9.62. The van der Waals surface area contributed by atoms with Gasteiger partial charge in [-0.05, 0) is 36.3 Å². The molecule has 0 amide bonds. The molecule has 3 aliphatic rings. The Morgan fingerprint density at radius 1 is 1.32 bits per heavy atom. The lowest BCUT2D eigenvalue weighted by Crippen LogP contribution is -2.39. The van der Waals surface area contributed by atoms with Crippen LogP contribution >= 0.6 is 0 Å². The van der Waals surface area contributed by atoms with Crippen molar-refractivity contribution < 1.29 is 9.53 Å². The number of carbonyl (C=O) groups is 1. The van der Waals surface area contributed by atoms with Gasteiger partial charge in [-0.1, -0.05) is 24.3 Å². The van der Waals surface area contributed by atoms with Gasteiger partial charge in [-0.15, -0.1) is 0 Å². The summed E-state index contributed by atoms with van der Waals surface area (Å²) >= 11 is 0. The zero-order chi connectivity index (χ0) is 13.0. The Hall–Kier alpha value is -1.57. The molecule has 3 aliphatic carbocycles. The van der Waals surface area contributed by atoms with E-state index in [0.717, 1.165) is 24.2 Å². The summed E-state index contributed by atoms with van der Waals surface area (Å²) in [6.45, 7) is 0. The molecule has 2 nitrogen and oxygen atoms in total. The summed E-state index contributed by atoms with van der Waals surface area (Å²) in [5.41, 5.74) is 2.59. The fourth-order valence-electron chi connectivity index (χ4n) is 4.58. The molecule has 1 saturated carbocycles. The SMILES string of the molecule is COc1cccc2c1CC(=O)CC21CC2C=CC1C2. The van der Waals surface area contributed by atoms with Crippen LogP contribution in [0.15, 0.2) is 30.4 Å². The van der Waals surface area contributed by atoms with Gasteiger partial charge in [0.05, 0.1) is 7.11 Å². The third-order valence-electron chi connectivity index (χ3n) is 5.28. The molecule has 1 fully saturated rings. The summed E-state index contributed by atoms with van der Waals surface area (Å²) in [6.07, 6.45) is 8.32. The van der Waals surface area contributed by atoms with Gasteiger partial charge in [-0.25, -0.2) is 0 Å². The maximum absolute atomic E-state index is 12.3. The Labute approximate surface area is 113 Å². The number of ether oxygens (including phenoxy) is 1. The van der Waals surface area contributed by atoms with E-state index in [1.54, 1.807) is 7.11 Å². The topological polar surface area (TPSA) is 26.3 Å². The average Bonchev–Trinajstić information content (AvgIpc) is 2.99. The number of carbonyl (C=O) groups excluding carboxylic acids is 1. The van der Waals surface area contributed by atoms with E-state index in [1.807, 2.05) is 6.07 Å². The molecular formula is C17H18O2. The van der Waals surface area contributed by atoms with Gasteiger partial charge in [0.15, 0.2) is 0 Å². The van der Waals surface area contributed by atoms with E-state index in [9.17, 15) is 4.79 Å². The van der Waals surface area contributed by atoms with E-state index in [4.69, 9.17) is 4.74 Å². The van der Waals surface area contributed by atoms with Crippen LogP contribution in [0, 0.1) is 11.8 Å². The Kier molecular flexibility index (Phi) is 2.21. The highest BCUT2D eigenvalue weighted by molar-refractivity contribution is 5.86. The van der Waals surface area contributed by atoms with E-state index in [1.165, 1.54) is 12.0 Å². The first-order valence-electron chi connectivity index (χ1n) is 7.09. The molecule has 3 unspecified atom stereocenters. The number of hydrogen-bond donors (Lipinski definition) is 0. The lowest BCUT2D eigenvalue weighted by Gasteiger charge is -2.40. The molecular weight excluding hydrogens is 236 g/mol. The van der Waals surface area contributed by atoms with Crippen LogP contribution in [-0.2, 0) is 16.6 Å². The van der Waals surface area contributed by atoms with Crippen molar-refractivity contribution in [2.75, 3.05) is 7.11 Å². The highest BCUT2D eigenvalue weighted by Crippen LogP contribution is 2.58. The van der Waals surface area contributed by atoms with Crippen LogP contribution in [-0.4, -0.2) is 12.9 Å².